The summed E-state index contributed by atoms with van der Waals surface area (Å²) in [5, 5.41) is 1.14. The minimum absolute atomic E-state index is 0.192. The Morgan fingerprint density at radius 3 is 2.75 bits per heavy atom. The van der Waals surface area contributed by atoms with Crippen molar-refractivity contribution in [2.45, 2.75) is 32.6 Å². The lowest BCUT2D eigenvalue weighted by atomic mass is 9.99. The van der Waals surface area contributed by atoms with Crippen LogP contribution in [0.5, 0.6) is 0 Å². The highest BCUT2D eigenvalue weighted by Gasteiger charge is 2.30. The minimum Gasteiger partial charge on any atom is -0.508 e. The summed E-state index contributed by atoms with van der Waals surface area (Å²) in [5.74, 6) is -0.824. The summed E-state index contributed by atoms with van der Waals surface area (Å²) in [6.07, 6.45) is 3.43. The quantitative estimate of drug-likeness (QED) is 0.414. The molecule has 0 atom stereocenters. The number of para-hydroxylation sites is 1. The zero-order valence-corrected chi connectivity index (χ0v) is 16.1. The number of piperidine rings is 1. The van der Waals surface area contributed by atoms with Crippen molar-refractivity contribution >= 4 is 30.1 Å². The van der Waals surface area contributed by atoms with Gasteiger partial charge >= 0.3 is 7.47 Å². The fourth-order valence-corrected chi connectivity index (χ4v) is 3.75. The Bertz CT molecular complexity index is 923. The molecule has 1 aromatic carbocycles. The van der Waals surface area contributed by atoms with Crippen LogP contribution in [0.4, 0.5) is 8.63 Å². The molecule has 5 nitrogen and oxygen atoms in total. The van der Waals surface area contributed by atoms with Crippen LogP contribution >= 0.6 is 0 Å². The summed E-state index contributed by atoms with van der Waals surface area (Å²) in [7, 11) is -1.07. The van der Waals surface area contributed by atoms with E-state index in [1.165, 1.54) is 6.92 Å². The molecule has 1 fully saturated rings. The molecule has 148 valence electrons. The smallest absolute Gasteiger partial charge is 0.508 e. The van der Waals surface area contributed by atoms with E-state index in [9.17, 15) is 18.2 Å². The Balaban J connectivity index is 1.78. The van der Waals surface area contributed by atoms with Gasteiger partial charge in [0.15, 0.2) is 0 Å². The van der Waals surface area contributed by atoms with Gasteiger partial charge < -0.3 is 14.1 Å². The average molecular weight is 388 g/mol. The van der Waals surface area contributed by atoms with Crippen molar-refractivity contribution in [3.8, 4) is 0 Å². The third-order valence-electron chi connectivity index (χ3n) is 5.01. The highest BCUT2D eigenvalue weighted by Crippen LogP contribution is 2.26. The summed E-state index contributed by atoms with van der Waals surface area (Å²) in [6.45, 7) is 2.34. The molecule has 1 aliphatic rings. The molecule has 8 heteroatoms. The first kappa shape index (κ1) is 20.1. The number of rotatable bonds is 7. The number of ketones is 1. The maximum absolute atomic E-state index is 12.8. The number of likely N-dealkylation sites (tertiary alicyclic amines) is 1. The SMILES string of the molecule is CC(=O)C/C(OB(F)F)=C1\CCCN(CCc2cn(C)c3ccccc23)C1=O. The lowest BCUT2D eigenvalue weighted by Gasteiger charge is -2.29. The lowest BCUT2D eigenvalue weighted by Crippen LogP contribution is -2.39. The zero-order chi connectivity index (χ0) is 20.3. The van der Waals surface area contributed by atoms with Crippen molar-refractivity contribution < 1.29 is 22.9 Å². The molecule has 28 heavy (non-hydrogen) atoms. The van der Waals surface area contributed by atoms with Gasteiger partial charge in [0.25, 0.3) is 5.91 Å². The zero-order valence-electron chi connectivity index (χ0n) is 16.1. The average Bonchev–Trinajstić information content (AvgIpc) is 2.96. The van der Waals surface area contributed by atoms with Crippen LogP contribution in [-0.4, -0.2) is 41.7 Å². The Morgan fingerprint density at radius 2 is 2.04 bits per heavy atom. The summed E-state index contributed by atoms with van der Waals surface area (Å²) >= 11 is 0. The first-order valence-electron chi connectivity index (χ1n) is 9.35. The number of Topliss-reactive ketones (excluding diaryl/α,β-unsaturated/α-hetero) is 1. The largest absolute Gasteiger partial charge is 0.796 e. The van der Waals surface area contributed by atoms with E-state index in [4.69, 9.17) is 0 Å². The van der Waals surface area contributed by atoms with Gasteiger partial charge in [-0.1, -0.05) is 18.2 Å². The van der Waals surface area contributed by atoms with Crippen LogP contribution in [0, 0.1) is 0 Å². The number of amides is 1. The van der Waals surface area contributed by atoms with Crippen molar-refractivity contribution in [1.82, 2.24) is 9.47 Å². The fraction of sp³-hybridized carbons (Fsp3) is 0.400. The molecule has 0 spiro atoms. The molecule has 3 rings (SSSR count). The van der Waals surface area contributed by atoms with Crippen molar-refractivity contribution in [2.24, 2.45) is 7.05 Å². The summed E-state index contributed by atoms with van der Waals surface area (Å²) in [4.78, 5) is 25.9. The number of carbonyl (C=O) groups is 2. The molecule has 1 aromatic heterocycles. The number of hydrogen-bond donors (Lipinski definition) is 0. The molecular formula is C20H23BF2N2O3. The van der Waals surface area contributed by atoms with E-state index in [2.05, 4.69) is 21.5 Å². The lowest BCUT2D eigenvalue weighted by molar-refractivity contribution is -0.128. The molecule has 1 aliphatic heterocycles. The van der Waals surface area contributed by atoms with E-state index < -0.39 is 7.47 Å². The molecule has 1 saturated heterocycles. The van der Waals surface area contributed by atoms with E-state index in [1.54, 1.807) is 4.90 Å². The van der Waals surface area contributed by atoms with Gasteiger partial charge in [-0.3, -0.25) is 9.59 Å². The molecule has 0 bridgehead atoms. The fourth-order valence-electron chi connectivity index (χ4n) is 3.75. The van der Waals surface area contributed by atoms with Gasteiger partial charge in [0.05, 0.1) is 17.8 Å². The van der Waals surface area contributed by atoms with E-state index in [-0.39, 0.29) is 29.4 Å². The van der Waals surface area contributed by atoms with Crippen molar-refractivity contribution in [1.29, 1.82) is 0 Å². The number of carbonyl (C=O) groups excluding carboxylic acids is 2. The molecule has 1 amide bonds. The van der Waals surface area contributed by atoms with Gasteiger partial charge in [0.1, 0.15) is 5.78 Å². The van der Waals surface area contributed by atoms with E-state index >= 15 is 0 Å². The van der Waals surface area contributed by atoms with Gasteiger partial charge in [-0.05, 0) is 37.8 Å². The number of aromatic nitrogens is 1. The molecule has 0 saturated carbocycles. The summed E-state index contributed by atoms with van der Waals surface area (Å²) in [5.41, 5.74) is 2.45. The first-order valence-corrected chi connectivity index (χ1v) is 9.35. The van der Waals surface area contributed by atoms with Crippen LogP contribution < -0.4 is 0 Å². The van der Waals surface area contributed by atoms with Gasteiger partial charge in [0, 0.05) is 37.2 Å². The second-order valence-corrected chi connectivity index (χ2v) is 7.09. The molecule has 0 N–H and O–H groups in total. The van der Waals surface area contributed by atoms with E-state index in [0.29, 0.717) is 32.4 Å². The Morgan fingerprint density at radius 1 is 1.29 bits per heavy atom. The van der Waals surface area contributed by atoms with Crippen LogP contribution in [0.25, 0.3) is 10.9 Å². The summed E-state index contributed by atoms with van der Waals surface area (Å²) < 4.78 is 32.0. The molecule has 0 radical (unpaired) electrons. The number of allylic oxidation sites excluding steroid dienone is 1. The van der Waals surface area contributed by atoms with Crippen LogP contribution in [0.15, 0.2) is 41.8 Å². The van der Waals surface area contributed by atoms with E-state index in [0.717, 1.165) is 16.5 Å². The molecule has 2 aromatic rings. The van der Waals surface area contributed by atoms with Crippen molar-refractivity contribution in [2.75, 3.05) is 13.1 Å². The number of aryl methyl sites for hydroxylation is 1. The predicted molar refractivity (Wildman–Crippen MR) is 104 cm³/mol. The Kier molecular flexibility index (Phi) is 6.16. The van der Waals surface area contributed by atoms with Crippen LogP contribution in [0.2, 0.25) is 0 Å². The first-order chi connectivity index (χ1) is 13.4. The number of fused-ring (bicyclic) bond motifs is 1. The minimum atomic E-state index is -3.05. The second kappa shape index (κ2) is 8.58. The highest BCUT2D eigenvalue weighted by molar-refractivity contribution is 6.35. The van der Waals surface area contributed by atoms with Crippen LogP contribution in [-0.2, 0) is 27.7 Å². The van der Waals surface area contributed by atoms with Gasteiger partial charge in [-0.15, -0.1) is 0 Å². The number of halogens is 2. The number of nitrogens with zero attached hydrogens (tertiary/aromatic N) is 2. The van der Waals surface area contributed by atoms with Crippen LogP contribution in [0.1, 0.15) is 31.7 Å². The van der Waals surface area contributed by atoms with E-state index in [1.807, 2.05) is 25.2 Å². The monoisotopic (exact) mass is 388 g/mol. The number of hydrogen-bond acceptors (Lipinski definition) is 3. The third kappa shape index (κ3) is 4.43. The Labute approximate surface area is 163 Å². The van der Waals surface area contributed by atoms with Gasteiger partial charge in [-0.2, -0.15) is 0 Å². The standard InChI is InChI=1S/C20H23BF2N2O3/c1-14(26)12-19(28-21(22)23)17-7-5-10-25(20(17)27)11-9-15-13-24(2)18-8-4-3-6-16(15)18/h3-4,6,8,13H,5,7,9-12H2,1-2H3/b19-17-. The summed E-state index contributed by atoms with van der Waals surface area (Å²) in [6, 6.07) is 8.06. The van der Waals surface area contributed by atoms with Gasteiger partial charge in [-0.25, -0.2) is 8.63 Å². The highest BCUT2D eigenvalue weighted by atomic mass is 19.2. The third-order valence-corrected chi connectivity index (χ3v) is 5.01. The molecule has 0 unspecified atom stereocenters. The predicted octanol–water partition coefficient (Wildman–Crippen LogP) is 3.52. The second-order valence-electron chi connectivity index (χ2n) is 7.09. The van der Waals surface area contributed by atoms with Crippen LogP contribution in [0.3, 0.4) is 0 Å². The molecule has 2 heterocycles. The maximum Gasteiger partial charge on any atom is 0.796 e. The van der Waals surface area contributed by atoms with Crippen molar-refractivity contribution in [3.05, 3.63) is 47.4 Å². The Hall–Kier alpha value is -2.64. The topological polar surface area (TPSA) is 51.5 Å². The normalized spacial score (nSPS) is 16.4. The molecule has 0 aliphatic carbocycles. The maximum atomic E-state index is 12.8. The molecular weight excluding hydrogens is 365 g/mol. The van der Waals surface area contributed by atoms with Crippen molar-refractivity contribution in [3.63, 3.8) is 0 Å². The van der Waals surface area contributed by atoms with Gasteiger partial charge in [0.2, 0.25) is 0 Å². The number of benzene rings is 1.